The summed E-state index contributed by atoms with van der Waals surface area (Å²) in [5.41, 5.74) is 8.73. The Balaban J connectivity index is 0.00000169. The molecule has 1 amide bonds. The zero-order chi connectivity index (χ0) is 17.3. The molecule has 0 aliphatic heterocycles. The lowest BCUT2D eigenvalue weighted by Crippen LogP contribution is -2.31. The zero-order valence-electron chi connectivity index (χ0n) is 14.5. The van der Waals surface area contributed by atoms with Crippen LogP contribution in [0.1, 0.15) is 10.4 Å². The molecule has 0 saturated carbocycles. The topological polar surface area (TPSA) is 71.2 Å². The third-order valence-electron chi connectivity index (χ3n) is 3.90. The molecule has 8 heteroatoms. The molecule has 0 fully saturated rings. The predicted molar refractivity (Wildman–Crippen MR) is 114 cm³/mol. The molecule has 3 N–H and O–H groups in total. The van der Waals surface area contributed by atoms with Crippen LogP contribution in [0.5, 0.6) is 0 Å². The molecule has 0 unspecified atom stereocenters. The number of pyridine rings is 1. The van der Waals surface area contributed by atoms with Crippen molar-refractivity contribution in [2.24, 2.45) is 0 Å². The summed E-state index contributed by atoms with van der Waals surface area (Å²) in [5, 5.41) is 5.07. The van der Waals surface area contributed by atoms with Gasteiger partial charge in [-0.15, -0.1) is 24.8 Å². The smallest absolute Gasteiger partial charge is 0.253 e. The van der Waals surface area contributed by atoms with Crippen LogP contribution in [0.15, 0.2) is 36.4 Å². The van der Waals surface area contributed by atoms with Crippen LogP contribution >= 0.6 is 36.4 Å². The van der Waals surface area contributed by atoms with Gasteiger partial charge in [0.2, 0.25) is 0 Å². The lowest BCUT2D eigenvalue weighted by molar-refractivity contribution is 0.0952. The molecular weight excluding hydrogens is 395 g/mol. The molecule has 0 saturated heterocycles. The molecule has 0 radical (unpaired) electrons. The molecular formula is C18H21Cl3N4O. The fourth-order valence-corrected chi connectivity index (χ4v) is 2.81. The molecule has 0 aliphatic carbocycles. The second-order valence-corrected chi connectivity index (χ2v) is 6.38. The number of nitrogens with one attached hydrogen (secondary N) is 1. The number of rotatable bonds is 4. The molecule has 2 aromatic carbocycles. The van der Waals surface area contributed by atoms with Gasteiger partial charge in [0.05, 0.1) is 22.3 Å². The fourth-order valence-electron chi connectivity index (χ4n) is 2.64. The van der Waals surface area contributed by atoms with Gasteiger partial charge in [0.1, 0.15) is 0 Å². The number of nitrogens with zero attached hydrogens (tertiary/aromatic N) is 2. The maximum absolute atomic E-state index is 12.5. The Morgan fingerprint density at radius 3 is 2.62 bits per heavy atom. The van der Waals surface area contributed by atoms with Gasteiger partial charge in [-0.2, -0.15) is 0 Å². The number of aromatic nitrogens is 1. The average Bonchev–Trinajstić information content (AvgIpc) is 2.55. The molecule has 0 spiro atoms. The monoisotopic (exact) mass is 414 g/mol. The first-order valence-electron chi connectivity index (χ1n) is 7.68. The Morgan fingerprint density at radius 1 is 1.19 bits per heavy atom. The van der Waals surface area contributed by atoms with Gasteiger partial charge in [-0.25, -0.2) is 4.98 Å². The number of amides is 1. The van der Waals surface area contributed by atoms with Gasteiger partial charge in [0, 0.05) is 28.9 Å². The lowest BCUT2D eigenvalue weighted by Gasteiger charge is -2.13. The third-order valence-corrected chi connectivity index (χ3v) is 4.13. The van der Waals surface area contributed by atoms with E-state index in [1.807, 2.05) is 37.2 Å². The first kappa shape index (κ1) is 22.3. The summed E-state index contributed by atoms with van der Waals surface area (Å²) in [6.07, 6.45) is 0. The Kier molecular flexibility index (Phi) is 7.90. The Hall–Kier alpha value is -1.79. The second-order valence-electron chi connectivity index (χ2n) is 5.95. The van der Waals surface area contributed by atoms with E-state index in [1.165, 1.54) is 0 Å². The van der Waals surface area contributed by atoms with E-state index in [4.69, 9.17) is 17.3 Å². The van der Waals surface area contributed by atoms with Crippen molar-refractivity contribution >= 4 is 69.8 Å². The van der Waals surface area contributed by atoms with Crippen molar-refractivity contribution < 1.29 is 4.79 Å². The highest BCUT2D eigenvalue weighted by molar-refractivity contribution is 6.31. The summed E-state index contributed by atoms with van der Waals surface area (Å²) >= 11 is 6.05. The third kappa shape index (κ3) is 4.48. The lowest BCUT2D eigenvalue weighted by atomic mass is 10.0. The largest absolute Gasteiger partial charge is 0.398 e. The van der Waals surface area contributed by atoms with Crippen LogP contribution in [0.3, 0.4) is 0 Å². The van der Waals surface area contributed by atoms with Crippen LogP contribution in [0, 0.1) is 0 Å². The molecule has 3 rings (SSSR count). The summed E-state index contributed by atoms with van der Waals surface area (Å²) < 4.78 is 0. The Bertz CT molecular complexity index is 931. The number of nitrogen functional groups attached to an aromatic ring is 1. The molecule has 1 heterocycles. The van der Waals surface area contributed by atoms with Crippen LogP contribution < -0.4 is 11.1 Å². The molecule has 0 aliphatic rings. The number of halogens is 3. The van der Waals surface area contributed by atoms with Gasteiger partial charge in [-0.05, 0) is 38.4 Å². The Morgan fingerprint density at radius 2 is 1.92 bits per heavy atom. The SMILES string of the molecule is CN(C)CCNC(=O)c1cccc2c(N)c3cc(Cl)ccc3nc12.Cl.Cl. The molecule has 26 heavy (non-hydrogen) atoms. The number of nitrogens with two attached hydrogens (primary N) is 1. The van der Waals surface area contributed by atoms with Crippen LogP contribution in [0.4, 0.5) is 5.69 Å². The standard InChI is InChI=1S/C18H19ClN4O.2ClH/c1-23(2)9-8-21-18(24)13-5-3-4-12-16(20)14-10-11(19)6-7-15(14)22-17(12)13;;/h3-7,10H,8-9H2,1-2H3,(H2,20,22)(H,21,24);2*1H. The van der Waals surface area contributed by atoms with Gasteiger partial charge in [0.25, 0.3) is 5.91 Å². The summed E-state index contributed by atoms with van der Waals surface area (Å²) in [4.78, 5) is 19.2. The minimum Gasteiger partial charge on any atom is -0.398 e. The molecule has 0 atom stereocenters. The van der Waals surface area contributed by atoms with Gasteiger partial charge in [-0.3, -0.25) is 4.79 Å². The van der Waals surface area contributed by atoms with Crippen molar-refractivity contribution in [3.63, 3.8) is 0 Å². The molecule has 5 nitrogen and oxygen atoms in total. The van der Waals surface area contributed by atoms with Crippen molar-refractivity contribution in [2.75, 3.05) is 32.9 Å². The normalized spacial score (nSPS) is 10.5. The molecule has 0 bridgehead atoms. The quantitative estimate of drug-likeness (QED) is 0.637. The van der Waals surface area contributed by atoms with Crippen LogP contribution in [-0.4, -0.2) is 43.0 Å². The van der Waals surface area contributed by atoms with Crippen LogP contribution in [0.2, 0.25) is 5.02 Å². The van der Waals surface area contributed by atoms with Crippen LogP contribution in [0.25, 0.3) is 21.8 Å². The molecule has 3 aromatic rings. The maximum Gasteiger partial charge on any atom is 0.253 e. The minimum absolute atomic E-state index is 0. The van der Waals surface area contributed by atoms with E-state index in [0.29, 0.717) is 28.3 Å². The van der Waals surface area contributed by atoms with Crippen molar-refractivity contribution in [1.29, 1.82) is 0 Å². The number of hydrogen-bond donors (Lipinski definition) is 2. The highest BCUT2D eigenvalue weighted by atomic mass is 35.5. The summed E-state index contributed by atoms with van der Waals surface area (Å²) in [5.74, 6) is -0.150. The number of hydrogen-bond acceptors (Lipinski definition) is 4. The fraction of sp³-hybridized carbons (Fsp3) is 0.222. The van der Waals surface area contributed by atoms with Crippen molar-refractivity contribution in [3.8, 4) is 0 Å². The van der Waals surface area contributed by atoms with E-state index >= 15 is 0 Å². The highest BCUT2D eigenvalue weighted by Gasteiger charge is 2.14. The number of benzene rings is 2. The van der Waals surface area contributed by atoms with Gasteiger partial charge in [0.15, 0.2) is 0 Å². The minimum atomic E-state index is -0.150. The molecule has 1 aromatic heterocycles. The first-order valence-corrected chi connectivity index (χ1v) is 8.05. The predicted octanol–water partition coefficient (Wildman–Crippen LogP) is 3.76. The van der Waals surface area contributed by atoms with Gasteiger partial charge < -0.3 is 16.0 Å². The van der Waals surface area contributed by atoms with E-state index in [1.54, 1.807) is 18.2 Å². The number of para-hydroxylation sites is 1. The summed E-state index contributed by atoms with van der Waals surface area (Å²) in [7, 11) is 3.92. The van der Waals surface area contributed by atoms with Crippen molar-refractivity contribution in [3.05, 3.63) is 47.0 Å². The first-order chi connectivity index (χ1) is 11.5. The van der Waals surface area contributed by atoms with E-state index in [9.17, 15) is 4.79 Å². The zero-order valence-corrected chi connectivity index (χ0v) is 16.8. The van der Waals surface area contributed by atoms with Gasteiger partial charge >= 0.3 is 0 Å². The number of carbonyl (C=O) groups is 1. The van der Waals surface area contributed by atoms with Gasteiger partial charge in [-0.1, -0.05) is 23.7 Å². The number of fused-ring (bicyclic) bond motifs is 2. The Labute approximate surface area is 169 Å². The van der Waals surface area contributed by atoms with E-state index in [0.717, 1.165) is 22.8 Å². The van der Waals surface area contributed by atoms with Crippen molar-refractivity contribution in [2.45, 2.75) is 0 Å². The maximum atomic E-state index is 12.5. The van der Waals surface area contributed by atoms with E-state index < -0.39 is 0 Å². The van der Waals surface area contributed by atoms with Crippen LogP contribution in [-0.2, 0) is 0 Å². The summed E-state index contributed by atoms with van der Waals surface area (Å²) in [6, 6.07) is 10.8. The average molecular weight is 416 g/mol. The number of carbonyl (C=O) groups excluding carboxylic acids is 1. The summed E-state index contributed by atoms with van der Waals surface area (Å²) in [6.45, 7) is 1.34. The van der Waals surface area contributed by atoms with E-state index in [2.05, 4.69) is 10.3 Å². The number of anilines is 1. The van der Waals surface area contributed by atoms with Crippen molar-refractivity contribution in [1.82, 2.24) is 15.2 Å². The highest BCUT2D eigenvalue weighted by Crippen LogP contribution is 2.31. The van der Waals surface area contributed by atoms with E-state index in [-0.39, 0.29) is 30.7 Å². The second kappa shape index (κ2) is 9.24. The molecule has 140 valence electrons. The number of likely N-dealkylation sites (N-methyl/N-ethyl adjacent to an activating group) is 1.